The Balaban J connectivity index is 2.71. The van der Waals surface area contributed by atoms with Gasteiger partial charge in [-0.1, -0.05) is 23.3 Å². The maximum Gasteiger partial charge on any atom is 0.253 e. The van der Waals surface area contributed by atoms with Crippen LogP contribution in [0, 0.1) is 6.92 Å². The minimum atomic E-state index is -2.53. The summed E-state index contributed by atoms with van der Waals surface area (Å²) in [5.74, 6) is 0. The van der Waals surface area contributed by atoms with Crippen LogP contribution < -0.4 is 5.56 Å². The van der Waals surface area contributed by atoms with Gasteiger partial charge in [0.05, 0.1) is 5.69 Å². The SMILES string of the molecule is CCCc1cnc([SH](C)(C)=O)nc1-c1cc(C)c(=O)n(C)c1. The Hall–Kier alpha value is -1.82. The van der Waals surface area contributed by atoms with Crippen molar-refractivity contribution in [2.75, 3.05) is 12.5 Å². The molecule has 0 atom stereocenters. The maximum atomic E-state index is 12.3. The van der Waals surface area contributed by atoms with Gasteiger partial charge in [0.1, 0.15) is 0 Å². The molecule has 0 saturated carbocycles. The van der Waals surface area contributed by atoms with Gasteiger partial charge in [0.15, 0.2) is 5.16 Å². The summed E-state index contributed by atoms with van der Waals surface area (Å²) in [5, 5.41) is 0.383. The van der Waals surface area contributed by atoms with E-state index >= 15 is 0 Å². The Bertz CT molecular complexity index is 779. The average molecular weight is 321 g/mol. The zero-order valence-corrected chi connectivity index (χ0v) is 14.6. The summed E-state index contributed by atoms with van der Waals surface area (Å²) >= 11 is 0. The van der Waals surface area contributed by atoms with Gasteiger partial charge in [-0.25, -0.2) is 9.97 Å². The molecular weight excluding hydrogens is 298 g/mol. The van der Waals surface area contributed by atoms with E-state index in [0.717, 1.165) is 29.7 Å². The predicted molar refractivity (Wildman–Crippen MR) is 91.1 cm³/mol. The van der Waals surface area contributed by atoms with Crippen LogP contribution in [-0.2, 0) is 23.4 Å². The first-order valence-corrected chi connectivity index (χ1v) is 9.93. The molecule has 0 aromatic carbocycles. The molecule has 2 aromatic heterocycles. The molecule has 0 unspecified atom stereocenters. The molecule has 0 radical (unpaired) electrons. The highest BCUT2D eigenvalue weighted by Crippen LogP contribution is 2.24. The highest BCUT2D eigenvalue weighted by molar-refractivity contribution is 8.01. The third-order valence-corrected chi connectivity index (χ3v) is 4.67. The van der Waals surface area contributed by atoms with Gasteiger partial charge in [-0.05, 0) is 37.5 Å². The van der Waals surface area contributed by atoms with E-state index < -0.39 is 9.93 Å². The van der Waals surface area contributed by atoms with E-state index in [2.05, 4.69) is 16.9 Å². The number of aryl methyl sites for hydroxylation is 3. The fourth-order valence-corrected chi connectivity index (χ4v) is 3.04. The molecule has 2 aromatic rings. The monoisotopic (exact) mass is 321 g/mol. The van der Waals surface area contributed by atoms with Gasteiger partial charge in [-0.3, -0.25) is 9.00 Å². The van der Waals surface area contributed by atoms with Crippen LogP contribution in [0.3, 0.4) is 0 Å². The molecule has 0 bridgehead atoms. The lowest BCUT2D eigenvalue weighted by Crippen LogP contribution is -2.19. The van der Waals surface area contributed by atoms with Crippen molar-refractivity contribution in [1.82, 2.24) is 14.5 Å². The Morgan fingerprint density at radius 2 is 2.00 bits per heavy atom. The third-order valence-electron chi connectivity index (χ3n) is 3.49. The standard InChI is InChI=1S/C16H23N3O2S/c1-6-7-12-9-17-16(22(4,5)21)18-14(12)13-8-11(2)15(20)19(3)10-13/h8-10,22H,6-7H2,1-5H3. The Kier molecular flexibility index (Phi) is 4.60. The van der Waals surface area contributed by atoms with Crippen LogP contribution in [0.1, 0.15) is 24.5 Å². The lowest BCUT2D eigenvalue weighted by atomic mass is 10.0. The van der Waals surface area contributed by atoms with Crippen LogP contribution in [0.15, 0.2) is 28.4 Å². The second kappa shape index (κ2) is 6.12. The van der Waals surface area contributed by atoms with Crippen molar-refractivity contribution in [2.24, 2.45) is 7.05 Å². The number of aromatic nitrogens is 3. The van der Waals surface area contributed by atoms with Gasteiger partial charge >= 0.3 is 0 Å². The number of rotatable bonds is 4. The zero-order valence-electron chi connectivity index (χ0n) is 13.8. The van der Waals surface area contributed by atoms with E-state index in [1.807, 2.05) is 6.07 Å². The van der Waals surface area contributed by atoms with Crippen molar-refractivity contribution in [3.63, 3.8) is 0 Å². The largest absolute Gasteiger partial charge is 0.318 e. The molecule has 0 amide bonds. The number of hydrogen-bond donors (Lipinski definition) is 1. The molecule has 0 aliphatic carbocycles. The van der Waals surface area contributed by atoms with Crippen LogP contribution in [0.2, 0.25) is 0 Å². The van der Waals surface area contributed by atoms with E-state index in [9.17, 15) is 9.00 Å². The normalized spacial score (nSPS) is 12.4. The van der Waals surface area contributed by atoms with Gasteiger partial charge in [0.25, 0.3) is 5.56 Å². The van der Waals surface area contributed by atoms with E-state index in [1.165, 1.54) is 0 Å². The lowest BCUT2D eigenvalue weighted by Gasteiger charge is -2.15. The van der Waals surface area contributed by atoms with Crippen molar-refractivity contribution in [3.05, 3.63) is 39.9 Å². The summed E-state index contributed by atoms with van der Waals surface area (Å²) in [6.07, 6.45) is 8.68. The van der Waals surface area contributed by atoms with E-state index in [4.69, 9.17) is 0 Å². The summed E-state index contributed by atoms with van der Waals surface area (Å²) in [6.45, 7) is 3.88. The molecule has 2 heterocycles. The molecule has 120 valence electrons. The summed E-state index contributed by atoms with van der Waals surface area (Å²) in [7, 11) is -0.801. The summed E-state index contributed by atoms with van der Waals surface area (Å²) in [4.78, 5) is 20.7. The van der Waals surface area contributed by atoms with Gasteiger partial charge in [-0.15, -0.1) is 0 Å². The van der Waals surface area contributed by atoms with Crippen LogP contribution >= 0.6 is 0 Å². The van der Waals surface area contributed by atoms with Crippen LogP contribution in [-0.4, -0.2) is 31.3 Å². The van der Waals surface area contributed by atoms with Gasteiger partial charge in [0.2, 0.25) is 0 Å². The minimum Gasteiger partial charge on any atom is -0.318 e. The second-order valence-electron chi connectivity index (χ2n) is 5.97. The molecular formula is C16H23N3O2S. The highest BCUT2D eigenvalue weighted by Gasteiger charge is 2.15. The van der Waals surface area contributed by atoms with Gasteiger partial charge < -0.3 is 4.57 Å². The van der Waals surface area contributed by atoms with Gasteiger partial charge in [-0.2, -0.15) is 0 Å². The topological polar surface area (TPSA) is 64.8 Å². The molecule has 0 fully saturated rings. The number of thiol groups is 1. The first-order valence-electron chi connectivity index (χ1n) is 7.33. The molecule has 6 heteroatoms. The number of nitrogens with zero attached hydrogens (tertiary/aromatic N) is 3. The van der Waals surface area contributed by atoms with Crippen LogP contribution in [0.4, 0.5) is 0 Å². The summed E-state index contributed by atoms with van der Waals surface area (Å²) in [6, 6.07) is 1.84. The van der Waals surface area contributed by atoms with Crippen molar-refractivity contribution < 1.29 is 4.21 Å². The molecule has 22 heavy (non-hydrogen) atoms. The Morgan fingerprint density at radius 3 is 2.55 bits per heavy atom. The van der Waals surface area contributed by atoms with E-state index in [1.54, 1.807) is 43.4 Å². The molecule has 0 aliphatic rings. The minimum absolute atomic E-state index is 0.0216. The van der Waals surface area contributed by atoms with Crippen LogP contribution in [0.25, 0.3) is 11.3 Å². The molecule has 0 spiro atoms. The lowest BCUT2D eigenvalue weighted by molar-refractivity contribution is 0.670. The molecule has 5 nitrogen and oxygen atoms in total. The molecule has 0 aliphatic heterocycles. The Morgan fingerprint density at radius 1 is 1.32 bits per heavy atom. The number of hydrogen-bond acceptors (Lipinski definition) is 4. The average Bonchev–Trinajstić information content (AvgIpc) is 2.44. The van der Waals surface area contributed by atoms with Gasteiger partial charge in [0, 0.05) is 30.6 Å². The van der Waals surface area contributed by atoms with E-state index in [-0.39, 0.29) is 5.56 Å². The smallest absolute Gasteiger partial charge is 0.253 e. The first kappa shape index (κ1) is 16.5. The van der Waals surface area contributed by atoms with E-state index in [0.29, 0.717) is 10.7 Å². The first-order chi connectivity index (χ1) is 10.2. The van der Waals surface area contributed by atoms with Crippen LogP contribution in [0.5, 0.6) is 0 Å². The molecule has 0 N–H and O–H groups in total. The fraction of sp³-hybridized carbons (Fsp3) is 0.438. The Labute approximate surface area is 131 Å². The van der Waals surface area contributed by atoms with Crippen molar-refractivity contribution in [3.8, 4) is 11.3 Å². The molecule has 0 saturated heterocycles. The predicted octanol–water partition coefficient (Wildman–Crippen LogP) is 1.74. The highest BCUT2D eigenvalue weighted by atomic mass is 32.2. The van der Waals surface area contributed by atoms with Crippen molar-refractivity contribution >= 4 is 9.93 Å². The van der Waals surface area contributed by atoms with Crippen molar-refractivity contribution in [1.29, 1.82) is 0 Å². The second-order valence-corrected chi connectivity index (χ2v) is 9.07. The third kappa shape index (κ3) is 3.32. The summed E-state index contributed by atoms with van der Waals surface area (Å²) < 4.78 is 13.8. The quantitative estimate of drug-likeness (QED) is 0.688. The maximum absolute atomic E-state index is 12.3. The van der Waals surface area contributed by atoms with Crippen molar-refractivity contribution in [2.45, 2.75) is 31.8 Å². The zero-order chi connectivity index (χ0) is 16.5. The molecule has 2 rings (SSSR count). The number of pyridine rings is 1. The fourth-order valence-electron chi connectivity index (χ4n) is 2.37. The summed E-state index contributed by atoms with van der Waals surface area (Å²) in [5.41, 5.74) is 3.29.